The number of non-ortho nitro benzene ring substituents is 2. The van der Waals surface area contributed by atoms with Crippen LogP contribution in [-0.2, 0) is 13.1 Å². The molecule has 0 amide bonds. The minimum absolute atomic E-state index is 0. The van der Waals surface area contributed by atoms with Crippen LogP contribution in [0.2, 0.25) is 0 Å². The summed E-state index contributed by atoms with van der Waals surface area (Å²) in [7, 11) is 4.63. The molecule has 198 valence electrons. The molecule has 2 saturated heterocycles. The molecule has 2 aliphatic rings. The molecule has 0 atom stereocenters. The highest BCUT2D eigenvalue weighted by Crippen LogP contribution is 2.37. The Hall–Kier alpha value is -1.88. The SMILES string of the molecule is C[N+]1(Cc2ccc([N+](=O)[O-])cc2)CCC(C2CC[N+](C)(Cc3ccc([N+](=O)[O-])cc3)CC2)CC1.[Br-].[Br-]. The second-order valence-corrected chi connectivity index (χ2v) is 11.0. The lowest BCUT2D eigenvalue weighted by atomic mass is 9.77. The first-order valence-corrected chi connectivity index (χ1v) is 12.3. The van der Waals surface area contributed by atoms with E-state index in [-0.39, 0.29) is 55.2 Å². The van der Waals surface area contributed by atoms with Gasteiger partial charge in [-0.1, -0.05) is 0 Å². The van der Waals surface area contributed by atoms with Crippen molar-refractivity contribution in [2.75, 3.05) is 40.3 Å². The normalized spacial score (nSPS) is 27.8. The third kappa shape index (κ3) is 7.57. The molecule has 0 unspecified atom stereocenters. The van der Waals surface area contributed by atoms with E-state index in [9.17, 15) is 20.2 Å². The number of nitro groups is 2. The number of hydrogen-bond acceptors (Lipinski definition) is 4. The van der Waals surface area contributed by atoms with Gasteiger partial charge in [-0.2, -0.15) is 0 Å². The summed E-state index contributed by atoms with van der Waals surface area (Å²) < 4.78 is 2.02. The third-order valence-electron chi connectivity index (χ3n) is 8.25. The van der Waals surface area contributed by atoms with Gasteiger partial charge in [0.25, 0.3) is 11.4 Å². The van der Waals surface area contributed by atoms with E-state index in [1.54, 1.807) is 24.3 Å². The quantitative estimate of drug-likeness (QED) is 0.222. The first kappa shape index (κ1) is 30.3. The molecule has 2 aromatic carbocycles. The van der Waals surface area contributed by atoms with Gasteiger partial charge < -0.3 is 42.9 Å². The highest BCUT2D eigenvalue weighted by atomic mass is 79.9. The van der Waals surface area contributed by atoms with E-state index in [2.05, 4.69) is 14.1 Å². The molecule has 4 rings (SSSR count). The van der Waals surface area contributed by atoms with E-state index in [0.717, 1.165) is 60.1 Å². The first-order chi connectivity index (χ1) is 16.1. The predicted octanol–water partition coefficient (Wildman–Crippen LogP) is -1.08. The van der Waals surface area contributed by atoms with Crippen LogP contribution in [0.1, 0.15) is 36.8 Å². The maximum Gasteiger partial charge on any atom is 0.269 e. The van der Waals surface area contributed by atoms with E-state index in [1.165, 1.54) is 36.8 Å². The van der Waals surface area contributed by atoms with Crippen LogP contribution in [-0.4, -0.2) is 59.1 Å². The highest BCUT2D eigenvalue weighted by Gasteiger charge is 2.38. The van der Waals surface area contributed by atoms with Gasteiger partial charge in [-0.05, 0) is 61.8 Å². The second kappa shape index (κ2) is 12.6. The molecule has 36 heavy (non-hydrogen) atoms. The van der Waals surface area contributed by atoms with Crippen molar-refractivity contribution < 1.29 is 52.8 Å². The number of nitro benzene ring substituents is 2. The molecule has 2 aromatic rings. The summed E-state index contributed by atoms with van der Waals surface area (Å²) in [5, 5.41) is 21.8. The van der Waals surface area contributed by atoms with Gasteiger partial charge in [0.2, 0.25) is 0 Å². The van der Waals surface area contributed by atoms with E-state index >= 15 is 0 Å². The highest BCUT2D eigenvalue weighted by molar-refractivity contribution is 5.33. The molecular weight excluding hydrogens is 592 g/mol. The van der Waals surface area contributed by atoms with Gasteiger partial charge in [0, 0.05) is 35.4 Å². The molecule has 0 aliphatic carbocycles. The van der Waals surface area contributed by atoms with Crippen molar-refractivity contribution in [3.05, 3.63) is 79.9 Å². The minimum Gasteiger partial charge on any atom is -1.00 e. The van der Waals surface area contributed by atoms with Crippen LogP contribution < -0.4 is 34.0 Å². The van der Waals surface area contributed by atoms with Crippen molar-refractivity contribution in [2.24, 2.45) is 11.8 Å². The minimum atomic E-state index is -0.342. The van der Waals surface area contributed by atoms with Gasteiger partial charge in [0.05, 0.1) is 50.1 Å². The number of halogens is 2. The maximum atomic E-state index is 10.9. The average Bonchev–Trinajstić information content (AvgIpc) is 2.81. The standard InChI is InChI=1S/C26H36N4O4.2BrH/c1-29(19-21-3-7-25(8-4-21)27(31)32)15-11-23(12-16-29)24-13-17-30(2,18-14-24)20-22-5-9-26(10-6-22)28(33)34;;/h3-10,23-24H,11-20H2,1-2H3;2*1H/q+2;;/p-2. The van der Waals surface area contributed by atoms with Crippen molar-refractivity contribution in [1.29, 1.82) is 0 Å². The summed E-state index contributed by atoms with van der Waals surface area (Å²) in [6.07, 6.45) is 5.00. The van der Waals surface area contributed by atoms with Crippen molar-refractivity contribution in [3.8, 4) is 0 Å². The molecule has 2 heterocycles. The number of benzene rings is 2. The summed E-state index contributed by atoms with van der Waals surface area (Å²) in [6, 6.07) is 14.1. The van der Waals surface area contributed by atoms with Crippen LogP contribution in [0.3, 0.4) is 0 Å². The number of rotatable bonds is 7. The Morgan fingerprint density at radius 2 is 0.917 bits per heavy atom. The van der Waals surface area contributed by atoms with E-state index in [1.807, 2.05) is 24.3 Å². The molecule has 2 fully saturated rings. The Kier molecular flexibility index (Phi) is 10.6. The van der Waals surface area contributed by atoms with Gasteiger partial charge in [-0.15, -0.1) is 0 Å². The lowest BCUT2D eigenvalue weighted by Gasteiger charge is -2.46. The Morgan fingerprint density at radius 3 is 1.17 bits per heavy atom. The molecule has 0 aromatic heterocycles. The lowest BCUT2D eigenvalue weighted by Crippen LogP contribution is -3.00. The number of piperidine rings is 2. The summed E-state index contributed by atoms with van der Waals surface area (Å²) in [5.74, 6) is 1.58. The zero-order valence-electron chi connectivity index (χ0n) is 21.0. The molecular formula is C26H36Br2N4O4. The van der Waals surface area contributed by atoms with Crippen LogP contribution in [0.15, 0.2) is 48.5 Å². The molecule has 0 bridgehead atoms. The van der Waals surface area contributed by atoms with Crippen molar-refractivity contribution in [3.63, 3.8) is 0 Å². The number of quaternary nitrogens is 2. The Labute approximate surface area is 234 Å². The van der Waals surface area contributed by atoms with Gasteiger partial charge in [0.15, 0.2) is 0 Å². The molecule has 2 aliphatic heterocycles. The van der Waals surface area contributed by atoms with Gasteiger partial charge in [-0.3, -0.25) is 20.2 Å². The predicted molar refractivity (Wildman–Crippen MR) is 131 cm³/mol. The smallest absolute Gasteiger partial charge is 0.269 e. The van der Waals surface area contributed by atoms with Crippen LogP contribution >= 0.6 is 0 Å². The Morgan fingerprint density at radius 1 is 0.639 bits per heavy atom. The monoisotopic (exact) mass is 626 g/mol. The second-order valence-electron chi connectivity index (χ2n) is 11.0. The largest absolute Gasteiger partial charge is 1.00 e. The van der Waals surface area contributed by atoms with E-state index in [0.29, 0.717) is 0 Å². The van der Waals surface area contributed by atoms with Gasteiger partial charge in [0.1, 0.15) is 13.1 Å². The number of likely N-dealkylation sites (tertiary alicyclic amines) is 2. The number of nitrogens with zero attached hydrogens (tertiary/aromatic N) is 4. The van der Waals surface area contributed by atoms with Crippen LogP contribution in [0, 0.1) is 32.1 Å². The maximum absolute atomic E-state index is 10.9. The van der Waals surface area contributed by atoms with Gasteiger partial charge in [-0.25, -0.2) is 0 Å². The molecule has 8 nitrogen and oxygen atoms in total. The van der Waals surface area contributed by atoms with E-state index < -0.39 is 0 Å². The van der Waals surface area contributed by atoms with Crippen molar-refractivity contribution in [1.82, 2.24) is 0 Å². The Balaban J connectivity index is 0.00000228. The fraction of sp³-hybridized carbons (Fsp3) is 0.538. The zero-order chi connectivity index (χ0) is 24.3. The van der Waals surface area contributed by atoms with Crippen molar-refractivity contribution in [2.45, 2.75) is 38.8 Å². The topological polar surface area (TPSA) is 86.3 Å². The van der Waals surface area contributed by atoms with Crippen LogP contribution in [0.5, 0.6) is 0 Å². The lowest BCUT2D eigenvalue weighted by molar-refractivity contribution is -0.931. The summed E-state index contributed by atoms with van der Waals surface area (Å²) in [6.45, 7) is 6.50. The van der Waals surface area contributed by atoms with Crippen LogP contribution in [0.25, 0.3) is 0 Å². The average molecular weight is 628 g/mol. The first-order valence-electron chi connectivity index (χ1n) is 12.3. The van der Waals surface area contributed by atoms with E-state index in [4.69, 9.17) is 0 Å². The fourth-order valence-corrected chi connectivity index (χ4v) is 6.01. The Bertz CT molecular complexity index is 934. The summed E-state index contributed by atoms with van der Waals surface area (Å²) in [4.78, 5) is 21.1. The van der Waals surface area contributed by atoms with Crippen LogP contribution in [0.4, 0.5) is 11.4 Å². The van der Waals surface area contributed by atoms with Gasteiger partial charge >= 0.3 is 0 Å². The van der Waals surface area contributed by atoms with Crippen molar-refractivity contribution >= 4 is 11.4 Å². The third-order valence-corrected chi connectivity index (χ3v) is 8.25. The molecule has 0 N–H and O–H groups in total. The molecule has 0 radical (unpaired) electrons. The zero-order valence-corrected chi connectivity index (χ0v) is 24.2. The number of hydrogen-bond donors (Lipinski definition) is 0. The summed E-state index contributed by atoms with van der Waals surface area (Å²) in [5.41, 5.74) is 2.65. The molecule has 0 saturated carbocycles. The molecule has 0 spiro atoms. The molecule has 10 heteroatoms. The summed E-state index contributed by atoms with van der Waals surface area (Å²) >= 11 is 0. The fourth-order valence-electron chi connectivity index (χ4n) is 6.01.